The Morgan fingerprint density at radius 1 is 0.788 bits per heavy atom. The van der Waals surface area contributed by atoms with Gasteiger partial charge in [0.15, 0.2) is 24.6 Å². The zero-order valence-electron chi connectivity index (χ0n) is 19.1. The Balaban J connectivity index is 2.33. The van der Waals surface area contributed by atoms with Crippen LogP contribution in [0.1, 0.15) is 33.3 Å². The number of hydrogen-bond donors (Lipinski definition) is 0. The number of carbonyl (C=O) groups is 4. The molecule has 1 heterocycles. The second-order valence-electron chi connectivity index (χ2n) is 7.23. The molecule has 2 rings (SSSR count). The first kappa shape index (κ1) is 26.1. The minimum Gasteiger partial charge on any atom is -0.497 e. The van der Waals surface area contributed by atoms with Crippen molar-refractivity contribution < 1.29 is 52.3 Å². The highest BCUT2D eigenvalue weighted by atomic mass is 16.7. The third-order valence-electron chi connectivity index (χ3n) is 4.52. The van der Waals surface area contributed by atoms with Crippen molar-refractivity contribution in [3.8, 4) is 5.75 Å². The van der Waals surface area contributed by atoms with Crippen molar-refractivity contribution in [1.82, 2.24) is 0 Å². The van der Waals surface area contributed by atoms with E-state index in [1.54, 1.807) is 31.4 Å². The number of benzene rings is 1. The van der Waals surface area contributed by atoms with E-state index in [1.807, 2.05) is 0 Å². The Morgan fingerprint density at radius 3 is 1.85 bits per heavy atom. The predicted molar refractivity (Wildman–Crippen MR) is 110 cm³/mol. The fourth-order valence-corrected chi connectivity index (χ4v) is 3.22. The predicted octanol–water partition coefficient (Wildman–Crippen LogP) is 1.29. The molecule has 1 saturated heterocycles. The van der Waals surface area contributed by atoms with Gasteiger partial charge in [-0.1, -0.05) is 12.1 Å². The van der Waals surface area contributed by atoms with Crippen LogP contribution in [0, 0.1) is 0 Å². The van der Waals surface area contributed by atoms with E-state index in [4.69, 9.17) is 33.2 Å². The first-order valence-electron chi connectivity index (χ1n) is 10.2. The quantitative estimate of drug-likeness (QED) is 0.383. The van der Waals surface area contributed by atoms with Gasteiger partial charge in [-0.2, -0.15) is 0 Å². The van der Waals surface area contributed by atoms with E-state index in [9.17, 15) is 19.2 Å². The summed E-state index contributed by atoms with van der Waals surface area (Å²) in [6, 6.07) is 7.02. The summed E-state index contributed by atoms with van der Waals surface area (Å²) in [6.45, 7) is 4.39. The third kappa shape index (κ3) is 8.03. The Morgan fingerprint density at radius 2 is 1.33 bits per heavy atom. The maximum atomic E-state index is 11.8. The number of methoxy groups -OCH3 is 1. The Hall–Kier alpha value is -3.18. The van der Waals surface area contributed by atoms with Crippen molar-refractivity contribution in [3.63, 3.8) is 0 Å². The molecular weight excluding hydrogens is 440 g/mol. The smallest absolute Gasteiger partial charge is 0.303 e. The van der Waals surface area contributed by atoms with Crippen LogP contribution < -0.4 is 4.74 Å². The van der Waals surface area contributed by atoms with Crippen LogP contribution in [0.5, 0.6) is 5.75 Å². The summed E-state index contributed by atoms with van der Waals surface area (Å²) in [5, 5.41) is 0. The van der Waals surface area contributed by atoms with Gasteiger partial charge in [0.25, 0.3) is 0 Å². The summed E-state index contributed by atoms with van der Waals surface area (Å²) >= 11 is 0. The zero-order valence-corrected chi connectivity index (χ0v) is 19.1. The van der Waals surface area contributed by atoms with Gasteiger partial charge in [-0.25, -0.2) is 0 Å². The average Bonchev–Trinajstić information content (AvgIpc) is 2.73. The number of carbonyl (C=O) groups excluding carboxylic acids is 4. The molecule has 5 atom stereocenters. The van der Waals surface area contributed by atoms with E-state index in [2.05, 4.69) is 0 Å². The molecular formula is C22H28O11. The van der Waals surface area contributed by atoms with Gasteiger partial charge >= 0.3 is 23.9 Å². The molecule has 1 aromatic rings. The summed E-state index contributed by atoms with van der Waals surface area (Å²) in [7, 11) is 1.54. The maximum Gasteiger partial charge on any atom is 0.303 e. The fraction of sp³-hybridized carbons (Fsp3) is 0.545. The summed E-state index contributed by atoms with van der Waals surface area (Å²) in [5.74, 6) is -2.05. The van der Waals surface area contributed by atoms with Crippen LogP contribution in [0.15, 0.2) is 24.3 Å². The molecule has 1 aromatic carbocycles. The van der Waals surface area contributed by atoms with Crippen LogP contribution in [0.4, 0.5) is 0 Å². The van der Waals surface area contributed by atoms with Gasteiger partial charge in [0.2, 0.25) is 0 Å². The lowest BCUT2D eigenvalue weighted by Gasteiger charge is -2.44. The molecule has 0 aliphatic carbocycles. The van der Waals surface area contributed by atoms with Crippen molar-refractivity contribution in [1.29, 1.82) is 0 Å². The zero-order chi connectivity index (χ0) is 24.5. The monoisotopic (exact) mass is 468 g/mol. The Kier molecular flexibility index (Phi) is 9.61. The number of ether oxygens (including phenoxy) is 7. The molecule has 11 nitrogen and oxygen atoms in total. The largest absolute Gasteiger partial charge is 0.497 e. The lowest BCUT2D eigenvalue weighted by molar-refractivity contribution is -0.310. The Labute approximate surface area is 191 Å². The number of rotatable bonds is 9. The normalized spacial score (nSPS) is 24.3. The van der Waals surface area contributed by atoms with Gasteiger partial charge in [-0.05, 0) is 17.7 Å². The van der Waals surface area contributed by atoms with E-state index in [0.29, 0.717) is 5.75 Å². The van der Waals surface area contributed by atoms with Crippen LogP contribution in [0.2, 0.25) is 0 Å². The molecule has 0 spiro atoms. The fourth-order valence-electron chi connectivity index (χ4n) is 3.22. The van der Waals surface area contributed by atoms with Gasteiger partial charge < -0.3 is 33.2 Å². The first-order valence-corrected chi connectivity index (χ1v) is 10.2. The molecule has 33 heavy (non-hydrogen) atoms. The average molecular weight is 468 g/mol. The van der Waals surface area contributed by atoms with Crippen molar-refractivity contribution in [2.75, 3.05) is 13.7 Å². The molecule has 0 amide bonds. The van der Waals surface area contributed by atoms with Crippen LogP contribution in [-0.4, -0.2) is 68.3 Å². The van der Waals surface area contributed by atoms with E-state index in [0.717, 1.165) is 26.3 Å². The van der Waals surface area contributed by atoms with E-state index >= 15 is 0 Å². The summed E-state index contributed by atoms with van der Waals surface area (Å²) < 4.78 is 37.9. The molecule has 0 N–H and O–H groups in total. The van der Waals surface area contributed by atoms with Gasteiger partial charge in [0.05, 0.1) is 13.7 Å². The van der Waals surface area contributed by atoms with Crippen LogP contribution in [0.3, 0.4) is 0 Å². The third-order valence-corrected chi connectivity index (χ3v) is 4.52. The molecule has 1 aliphatic rings. The molecule has 1 fully saturated rings. The lowest BCUT2D eigenvalue weighted by Crippen LogP contribution is -2.62. The van der Waals surface area contributed by atoms with Gasteiger partial charge in [-0.3, -0.25) is 19.2 Å². The minimum absolute atomic E-state index is 0.0394. The SMILES string of the molecule is COc1ccc(COC2O[C@H](COC(C)=O)[C@@H](OC(C)=O)[C@H](OC(C)=O)[C@@H]2OC(C)=O)cc1. The highest BCUT2D eigenvalue weighted by Crippen LogP contribution is 2.30. The van der Waals surface area contributed by atoms with Crippen molar-refractivity contribution in [3.05, 3.63) is 29.8 Å². The highest BCUT2D eigenvalue weighted by Gasteiger charge is 2.52. The van der Waals surface area contributed by atoms with Crippen LogP contribution in [0.25, 0.3) is 0 Å². The van der Waals surface area contributed by atoms with Crippen molar-refractivity contribution >= 4 is 23.9 Å². The van der Waals surface area contributed by atoms with Crippen LogP contribution >= 0.6 is 0 Å². The number of esters is 4. The molecule has 0 bridgehead atoms. The van der Waals surface area contributed by atoms with E-state index in [1.165, 1.54) is 6.92 Å². The second-order valence-corrected chi connectivity index (χ2v) is 7.23. The summed E-state index contributed by atoms with van der Waals surface area (Å²) in [5.41, 5.74) is 0.753. The topological polar surface area (TPSA) is 133 Å². The van der Waals surface area contributed by atoms with E-state index in [-0.39, 0.29) is 13.2 Å². The summed E-state index contributed by atoms with van der Waals surface area (Å²) in [6.07, 6.45) is -6.05. The standard InChI is InChI=1S/C22H28O11/c1-12(23)28-11-18-19(30-13(2)24)20(31-14(3)25)21(32-15(4)26)22(33-18)29-10-16-6-8-17(27-5)9-7-16/h6-9,18-22H,10-11H2,1-5H3/t18-,19-,20+,21+,22?/m1/s1. The van der Waals surface area contributed by atoms with Crippen LogP contribution in [-0.2, 0) is 54.2 Å². The van der Waals surface area contributed by atoms with Crippen molar-refractivity contribution in [2.45, 2.75) is 65.0 Å². The highest BCUT2D eigenvalue weighted by molar-refractivity contribution is 5.68. The van der Waals surface area contributed by atoms with Gasteiger partial charge in [0.1, 0.15) is 18.5 Å². The molecule has 0 radical (unpaired) electrons. The first-order chi connectivity index (χ1) is 15.6. The van der Waals surface area contributed by atoms with Gasteiger partial charge in [0, 0.05) is 27.7 Å². The minimum atomic E-state index is -1.27. The molecule has 182 valence electrons. The maximum absolute atomic E-state index is 11.8. The summed E-state index contributed by atoms with van der Waals surface area (Å²) in [4.78, 5) is 46.7. The molecule has 0 aromatic heterocycles. The van der Waals surface area contributed by atoms with Gasteiger partial charge in [-0.15, -0.1) is 0 Å². The molecule has 1 aliphatic heterocycles. The molecule has 11 heteroatoms. The Bertz CT molecular complexity index is 835. The molecule has 1 unspecified atom stereocenters. The van der Waals surface area contributed by atoms with Crippen molar-refractivity contribution in [2.24, 2.45) is 0 Å². The lowest BCUT2D eigenvalue weighted by atomic mass is 9.98. The number of hydrogen-bond acceptors (Lipinski definition) is 11. The second kappa shape index (κ2) is 12.2. The van der Waals surface area contributed by atoms with E-state index < -0.39 is 54.6 Å². The molecule has 0 saturated carbocycles.